The Labute approximate surface area is 157 Å². The average molecular weight is 455 g/mol. The van der Waals surface area contributed by atoms with Crippen molar-refractivity contribution in [3.63, 3.8) is 0 Å². The highest BCUT2D eigenvalue weighted by Gasteiger charge is 2.10. The van der Waals surface area contributed by atoms with Gasteiger partial charge < -0.3 is 0 Å². The van der Waals surface area contributed by atoms with E-state index in [1.807, 2.05) is 54.6 Å². The summed E-state index contributed by atoms with van der Waals surface area (Å²) in [4.78, 5) is 16.4. The highest BCUT2D eigenvalue weighted by molar-refractivity contribution is 9.10. The summed E-state index contributed by atoms with van der Waals surface area (Å²) in [6, 6.07) is 17.0. The SMILES string of the molecule is Br.O=C(CSc1n[nH]c(-c2ccc(Br)cc2)n1)c1ccccc1. The van der Waals surface area contributed by atoms with Gasteiger partial charge >= 0.3 is 0 Å². The molecule has 2 aromatic carbocycles. The van der Waals surface area contributed by atoms with Crippen LogP contribution in [0.5, 0.6) is 0 Å². The molecule has 0 aliphatic carbocycles. The number of Topliss-reactive ketones (excluding diaryl/α,β-unsaturated/α-hetero) is 1. The predicted octanol–water partition coefficient (Wildman–Crippen LogP) is 4.79. The van der Waals surface area contributed by atoms with Crippen LogP contribution in [0.1, 0.15) is 10.4 Å². The fourth-order valence-corrected chi connectivity index (χ4v) is 2.84. The molecule has 0 saturated heterocycles. The van der Waals surface area contributed by atoms with E-state index in [2.05, 4.69) is 31.1 Å². The molecule has 1 N–H and O–H groups in total. The second kappa shape index (κ2) is 8.42. The van der Waals surface area contributed by atoms with Crippen LogP contribution in [0.3, 0.4) is 0 Å². The Balaban J connectivity index is 0.00000192. The molecule has 7 heteroatoms. The van der Waals surface area contributed by atoms with E-state index in [4.69, 9.17) is 0 Å². The summed E-state index contributed by atoms with van der Waals surface area (Å²) in [5.74, 6) is 1.09. The van der Waals surface area contributed by atoms with Gasteiger partial charge in [-0.2, -0.15) is 0 Å². The number of H-pyrrole nitrogens is 1. The van der Waals surface area contributed by atoms with E-state index in [9.17, 15) is 4.79 Å². The van der Waals surface area contributed by atoms with Crippen molar-refractivity contribution in [2.24, 2.45) is 0 Å². The molecule has 0 spiro atoms. The molecule has 3 rings (SSSR count). The number of benzene rings is 2. The normalized spacial score (nSPS) is 10.1. The van der Waals surface area contributed by atoms with Crippen molar-refractivity contribution in [3.8, 4) is 11.4 Å². The van der Waals surface area contributed by atoms with Crippen LogP contribution in [0.2, 0.25) is 0 Å². The molecule has 0 saturated carbocycles. The third kappa shape index (κ3) is 4.76. The zero-order valence-electron chi connectivity index (χ0n) is 11.9. The number of carbonyl (C=O) groups excluding carboxylic acids is 1. The van der Waals surface area contributed by atoms with Crippen molar-refractivity contribution in [1.82, 2.24) is 15.2 Å². The lowest BCUT2D eigenvalue weighted by atomic mass is 10.2. The van der Waals surface area contributed by atoms with Crippen molar-refractivity contribution in [1.29, 1.82) is 0 Å². The number of nitrogens with zero attached hydrogens (tertiary/aromatic N) is 2. The minimum atomic E-state index is 0. The Morgan fingerprint density at radius 2 is 1.78 bits per heavy atom. The highest BCUT2D eigenvalue weighted by Crippen LogP contribution is 2.21. The maximum Gasteiger partial charge on any atom is 0.209 e. The van der Waals surface area contributed by atoms with Gasteiger partial charge in [-0.25, -0.2) is 4.98 Å². The van der Waals surface area contributed by atoms with Crippen molar-refractivity contribution in [3.05, 3.63) is 64.6 Å². The summed E-state index contributed by atoms with van der Waals surface area (Å²) in [5.41, 5.74) is 1.66. The first-order valence-corrected chi connectivity index (χ1v) is 8.39. The zero-order chi connectivity index (χ0) is 15.4. The van der Waals surface area contributed by atoms with Gasteiger partial charge in [-0.1, -0.05) is 70.2 Å². The molecule has 0 atom stereocenters. The van der Waals surface area contributed by atoms with Crippen LogP contribution in [-0.2, 0) is 0 Å². The lowest BCUT2D eigenvalue weighted by Crippen LogP contribution is -2.01. The minimum absolute atomic E-state index is 0. The Morgan fingerprint density at radius 3 is 2.48 bits per heavy atom. The monoisotopic (exact) mass is 453 g/mol. The second-order valence-corrected chi connectivity index (χ2v) is 6.41. The number of nitrogens with one attached hydrogen (secondary N) is 1. The Kier molecular flexibility index (Phi) is 6.56. The van der Waals surface area contributed by atoms with Gasteiger partial charge in [0.1, 0.15) is 0 Å². The molecule has 3 aromatic rings. The van der Waals surface area contributed by atoms with E-state index in [0.29, 0.717) is 22.3 Å². The van der Waals surface area contributed by atoms with E-state index in [0.717, 1.165) is 10.0 Å². The molecule has 4 nitrogen and oxygen atoms in total. The van der Waals surface area contributed by atoms with Gasteiger partial charge in [0, 0.05) is 15.6 Å². The molecule has 0 aliphatic heterocycles. The third-order valence-corrected chi connectivity index (χ3v) is 4.39. The molecule has 0 fully saturated rings. The van der Waals surface area contributed by atoms with E-state index < -0.39 is 0 Å². The van der Waals surface area contributed by atoms with Gasteiger partial charge in [0.2, 0.25) is 5.16 Å². The van der Waals surface area contributed by atoms with Crippen LogP contribution in [-0.4, -0.2) is 26.7 Å². The summed E-state index contributed by atoms with van der Waals surface area (Å²) in [5, 5.41) is 7.61. The fraction of sp³-hybridized carbons (Fsp3) is 0.0625. The molecule has 0 bridgehead atoms. The van der Waals surface area contributed by atoms with Gasteiger partial charge in [-0.3, -0.25) is 9.89 Å². The Morgan fingerprint density at radius 1 is 1.09 bits per heavy atom. The van der Waals surface area contributed by atoms with E-state index in [1.54, 1.807) is 0 Å². The first-order valence-electron chi connectivity index (χ1n) is 6.62. The molecule has 1 aromatic heterocycles. The summed E-state index contributed by atoms with van der Waals surface area (Å²) in [6.45, 7) is 0. The summed E-state index contributed by atoms with van der Waals surface area (Å²) in [6.07, 6.45) is 0. The number of ketones is 1. The Hall–Kier alpha value is -1.44. The van der Waals surface area contributed by atoms with E-state index in [1.165, 1.54) is 11.8 Å². The Bertz CT molecular complexity index is 776. The first kappa shape index (κ1) is 17.9. The molecule has 1 heterocycles. The first-order chi connectivity index (χ1) is 10.7. The van der Waals surface area contributed by atoms with Gasteiger partial charge in [-0.15, -0.1) is 22.1 Å². The van der Waals surface area contributed by atoms with Gasteiger partial charge in [0.05, 0.1) is 5.75 Å². The number of hydrogen-bond acceptors (Lipinski definition) is 4. The number of rotatable bonds is 5. The van der Waals surface area contributed by atoms with Crippen molar-refractivity contribution in [2.45, 2.75) is 5.16 Å². The number of halogens is 2. The molecule has 0 aliphatic rings. The predicted molar refractivity (Wildman–Crippen MR) is 101 cm³/mol. The molecule has 118 valence electrons. The molecule has 0 radical (unpaired) electrons. The van der Waals surface area contributed by atoms with Crippen LogP contribution in [0, 0.1) is 0 Å². The maximum absolute atomic E-state index is 12.0. The molecule has 0 unspecified atom stereocenters. The van der Waals surface area contributed by atoms with Gasteiger partial charge in [-0.05, 0) is 12.1 Å². The minimum Gasteiger partial charge on any atom is -0.293 e. The van der Waals surface area contributed by atoms with E-state index >= 15 is 0 Å². The van der Waals surface area contributed by atoms with Crippen LogP contribution >= 0.6 is 44.7 Å². The van der Waals surface area contributed by atoms with Gasteiger partial charge in [0.15, 0.2) is 11.6 Å². The van der Waals surface area contributed by atoms with Crippen molar-refractivity contribution < 1.29 is 4.79 Å². The number of hydrogen-bond donors (Lipinski definition) is 1. The average Bonchev–Trinajstić information content (AvgIpc) is 3.03. The lowest BCUT2D eigenvalue weighted by molar-refractivity contribution is 0.102. The third-order valence-electron chi connectivity index (χ3n) is 3.01. The smallest absolute Gasteiger partial charge is 0.209 e. The molecule has 0 amide bonds. The number of thioether (sulfide) groups is 1. The summed E-state index contributed by atoms with van der Waals surface area (Å²) < 4.78 is 1.01. The topological polar surface area (TPSA) is 58.6 Å². The lowest BCUT2D eigenvalue weighted by Gasteiger charge is -1.98. The van der Waals surface area contributed by atoms with Crippen LogP contribution in [0.4, 0.5) is 0 Å². The maximum atomic E-state index is 12.0. The number of aromatic nitrogens is 3. The van der Waals surface area contributed by atoms with Crippen LogP contribution in [0.25, 0.3) is 11.4 Å². The van der Waals surface area contributed by atoms with Crippen LogP contribution < -0.4 is 0 Å². The quantitative estimate of drug-likeness (QED) is 0.444. The highest BCUT2D eigenvalue weighted by atomic mass is 79.9. The van der Waals surface area contributed by atoms with Crippen molar-refractivity contribution >= 4 is 50.5 Å². The second-order valence-electron chi connectivity index (χ2n) is 4.55. The molecular weight excluding hydrogens is 442 g/mol. The fourth-order valence-electron chi connectivity index (χ4n) is 1.89. The van der Waals surface area contributed by atoms with E-state index in [-0.39, 0.29) is 22.8 Å². The summed E-state index contributed by atoms with van der Waals surface area (Å²) in [7, 11) is 0. The van der Waals surface area contributed by atoms with Crippen LogP contribution in [0.15, 0.2) is 64.2 Å². The number of carbonyl (C=O) groups is 1. The zero-order valence-corrected chi connectivity index (χ0v) is 16.0. The number of aromatic amines is 1. The van der Waals surface area contributed by atoms with Crippen molar-refractivity contribution in [2.75, 3.05) is 5.75 Å². The summed E-state index contributed by atoms with van der Waals surface area (Å²) >= 11 is 4.73. The molecular formula is C16H13Br2N3OS. The largest absolute Gasteiger partial charge is 0.293 e. The standard InChI is InChI=1S/C16H12BrN3OS.BrH/c17-13-8-6-12(7-9-13)15-18-16(20-19-15)22-10-14(21)11-4-2-1-3-5-11;/h1-9H,10H2,(H,18,19,20);1H. The molecule has 23 heavy (non-hydrogen) atoms. The van der Waals surface area contributed by atoms with Gasteiger partial charge in [0.25, 0.3) is 0 Å².